The Hall–Kier alpha value is -1.62. The number of carbonyl (C=O) groups excluding carboxylic acids is 1. The molecule has 1 N–H and O–H groups in total. The predicted octanol–water partition coefficient (Wildman–Crippen LogP) is 0.230. The lowest BCUT2D eigenvalue weighted by molar-refractivity contribution is 0.0650. The zero-order chi connectivity index (χ0) is 13.1. The molecule has 1 aromatic heterocycles. The first-order valence-electron chi connectivity index (χ1n) is 6.18. The van der Waals surface area contributed by atoms with Gasteiger partial charge in [0, 0.05) is 44.6 Å². The molecule has 5 heteroatoms. The Morgan fingerprint density at radius 2 is 2.11 bits per heavy atom. The number of pyridine rings is 1. The predicted molar refractivity (Wildman–Crippen MR) is 67.4 cm³/mol. The Morgan fingerprint density at radius 1 is 1.44 bits per heavy atom. The Morgan fingerprint density at radius 3 is 2.67 bits per heavy atom. The van der Waals surface area contributed by atoms with Crippen molar-refractivity contribution in [1.82, 2.24) is 9.47 Å². The van der Waals surface area contributed by atoms with Gasteiger partial charge in [-0.2, -0.15) is 0 Å². The van der Waals surface area contributed by atoms with Crippen molar-refractivity contribution in [2.75, 3.05) is 19.7 Å². The Bertz CT molecular complexity index is 487. The number of hydrogen-bond acceptors (Lipinski definition) is 3. The third-order valence-corrected chi connectivity index (χ3v) is 3.51. The number of aliphatic hydroxyl groups excluding tert-OH is 1. The smallest absolute Gasteiger partial charge is 0.254 e. The van der Waals surface area contributed by atoms with Crippen LogP contribution >= 0.6 is 0 Å². The largest absolute Gasteiger partial charge is 0.396 e. The van der Waals surface area contributed by atoms with Crippen molar-refractivity contribution in [2.45, 2.75) is 12.8 Å². The van der Waals surface area contributed by atoms with Crippen LogP contribution in [-0.2, 0) is 7.05 Å². The maximum absolute atomic E-state index is 12.2. The van der Waals surface area contributed by atoms with Crippen LogP contribution in [0.3, 0.4) is 0 Å². The Labute approximate surface area is 106 Å². The van der Waals surface area contributed by atoms with E-state index in [1.54, 1.807) is 24.2 Å². The van der Waals surface area contributed by atoms with Gasteiger partial charge in [0.1, 0.15) is 0 Å². The van der Waals surface area contributed by atoms with Gasteiger partial charge in [-0.1, -0.05) is 0 Å². The van der Waals surface area contributed by atoms with Gasteiger partial charge >= 0.3 is 0 Å². The molecule has 18 heavy (non-hydrogen) atoms. The van der Waals surface area contributed by atoms with E-state index in [9.17, 15) is 9.59 Å². The van der Waals surface area contributed by atoms with Gasteiger partial charge in [-0.25, -0.2) is 0 Å². The lowest BCUT2D eigenvalue weighted by Gasteiger charge is -2.31. The van der Waals surface area contributed by atoms with Crippen LogP contribution in [0, 0.1) is 5.92 Å². The van der Waals surface area contributed by atoms with Gasteiger partial charge in [0.2, 0.25) is 0 Å². The first-order valence-corrected chi connectivity index (χ1v) is 6.18. The molecule has 1 aliphatic rings. The molecule has 1 saturated heterocycles. The van der Waals surface area contributed by atoms with Crippen LogP contribution < -0.4 is 5.56 Å². The highest BCUT2D eigenvalue weighted by Crippen LogP contribution is 2.17. The highest BCUT2D eigenvalue weighted by Gasteiger charge is 2.23. The van der Waals surface area contributed by atoms with Gasteiger partial charge in [-0.3, -0.25) is 9.59 Å². The van der Waals surface area contributed by atoms with Gasteiger partial charge in [-0.15, -0.1) is 0 Å². The quantitative estimate of drug-likeness (QED) is 0.817. The van der Waals surface area contributed by atoms with E-state index in [1.807, 2.05) is 0 Å². The van der Waals surface area contributed by atoms with Crippen LogP contribution in [0.1, 0.15) is 23.2 Å². The van der Waals surface area contributed by atoms with Crippen molar-refractivity contribution < 1.29 is 9.90 Å². The molecule has 0 radical (unpaired) electrons. The maximum atomic E-state index is 12.2. The van der Waals surface area contributed by atoms with E-state index >= 15 is 0 Å². The molecule has 1 aliphatic heterocycles. The van der Waals surface area contributed by atoms with E-state index < -0.39 is 0 Å². The monoisotopic (exact) mass is 250 g/mol. The third-order valence-electron chi connectivity index (χ3n) is 3.51. The number of piperidine rings is 1. The number of aliphatic hydroxyl groups is 1. The standard InChI is InChI=1S/C13H18N2O3/c1-14-5-4-11(8-12(14)17)13(18)15-6-2-10(9-16)3-7-15/h4-5,8,10,16H,2-3,6-7,9H2,1H3. The number of aromatic nitrogens is 1. The number of nitrogens with zero attached hydrogens (tertiary/aromatic N) is 2. The number of amides is 1. The van der Waals surface area contributed by atoms with Crippen molar-refractivity contribution >= 4 is 5.91 Å². The molecule has 0 spiro atoms. The molecular weight excluding hydrogens is 232 g/mol. The van der Waals surface area contributed by atoms with Gasteiger partial charge in [0.25, 0.3) is 11.5 Å². The van der Waals surface area contributed by atoms with Gasteiger partial charge in [-0.05, 0) is 24.8 Å². The van der Waals surface area contributed by atoms with Gasteiger partial charge in [0.05, 0.1) is 0 Å². The zero-order valence-corrected chi connectivity index (χ0v) is 10.5. The van der Waals surface area contributed by atoms with Crippen molar-refractivity contribution in [3.05, 3.63) is 34.2 Å². The fraction of sp³-hybridized carbons (Fsp3) is 0.538. The third kappa shape index (κ3) is 2.61. The van der Waals surface area contributed by atoms with E-state index in [2.05, 4.69) is 0 Å². The molecule has 98 valence electrons. The van der Waals surface area contributed by atoms with Crippen LogP contribution in [0.4, 0.5) is 0 Å². The molecule has 0 saturated carbocycles. The summed E-state index contributed by atoms with van der Waals surface area (Å²) in [5.41, 5.74) is 0.270. The number of hydrogen-bond donors (Lipinski definition) is 1. The average Bonchev–Trinajstić information content (AvgIpc) is 2.41. The summed E-state index contributed by atoms with van der Waals surface area (Å²) in [7, 11) is 1.66. The topological polar surface area (TPSA) is 62.5 Å². The minimum Gasteiger partial charge on any atom is -0.396 e. The van der Waals surface area contributed by atoms with E-state index in [1.165, 1.54) is 10.6 Å². The molecule has 2 heterocycles. The van der Waals surface area contributed by atoms with E-state index in [0.29, 0.717) is 24.6 Å². The van der Waals surface area contributed by atoms with Crippen LogP contribution in [-0.4, -0.2) is 40.2 Å². The maximum Gasteiger partial charge on any atom is 0.254 e. The molecule has 5 nitrogen and oxygen atoms in total. The van der Waals surface area contributed by atoms with Crippen LogP contribution in [0.25, 0.3) is 0 Å². The summed E-state index contributed by atoms with van der Waals surface area (Å²) >= 11 is 0. The number of likely N-dealkylation sites (tertiary alicyclic amines) is 1. The zero-order valence-electron chi connectivity index (χ0n) is 10.5. The van der Waals surface area contributed by atoms with Crippen molar-refractivity contribution in [3.63, 3.8) is 0 Å². The Balaban J connectivity index is 2.08. The molecule has 0 bridgehead atoms. The minimum atomic E-state index is -0.175. The first kappa shape index (κ1) is 12.8. The summed E-state index contributed by atoms with van der Waals surface area (Å²) in [5.74, 6) is 0.210. The summed E-state index contributed by atoms with van der Waals surface area (Å²) in [6.07, 6.45) is 3.26. The molecule has 1 aromatic rings. The van der Waals surface area contributed by atoms with Crippen LogP contribution in [0.15, 0.2) is 23.1 Å². The average molecular weight is 250 g/mol. The SMILES string of the molecule is Cn1ccc(C(=O)N2CCC(CO)CC2)cc1=O. The Kier molecular flexibility index (Phi) is 3.81. The number of rotatable bonds is 2. The number of carbonyl (C=O) groups is 1. The fourth-order valence-electron chi connectivity index (χ4n) is 2.18. The van der Waals surface area contributed by atoms with Crippen molar-refractivity contribution in [3.8, 4) is 0 Å². The highest BCUT2D eigenvalue weighted by molar-refractivity contribution is 5.94. The summed E-state index contributed by atoms with van der Waals surface area (Å²) in [6, 6.07) is 3.04. The molecule has 0 atom stereocenters. The normalized spacial score (nSPS) is 16.9. The molecular formula is C13H18N2O3. The molecule has 2 rings (SSSR count). The second-order valence-corrected chi connectivity index (χ2v) is 4.78. The van der Waals surface area contributed by atoms with Crippen LogP contribution in [0.5, 0.6) is 0 Å². The lowest BCUT2D eigenvalue weighted by atomic mass is 9.97. The highest BCUT2D eigenvalue weighted by atomic mass is 16.3. The van der Waals surface area contributed by atoms with Gasteiger partial charge < -0.3 is 14.6 Å². The van der Waals surface area contributed by atoms with Crippen molar-refractivity contribution in [1.29, 1.82) is 0 Å². The van der Waals surface area contributed by atoms with E-state index in [4.69, 9.17) is 5.11 Å². The number of aryl methyl sites for hydroxylation is 1. The fourth-order valence-corrected chi connectivity index (χ4v) is 2.18. The molecule has 0 aliphatic carbocycles. The summed E-state index contributed by atoms with van der Waals surface area (Å²) in [5, 5.41) is 9.05. The molecule has 0 unspecified atom stereocenters. The lowest BCUT2D eigenvalue weighted by Crippen LogP contribution is -2.39. The molecule has 1 amide bonds. The summed E-state index contributed by atoms with van der Waals surface area (Å²) in [6.45, 7) is 1.49. The van der Waals surface area contributed by atoms with Crippen LogP contribution in [0.2, 0.25) is 0 Å². The minimum absolute atomic E-state index is 0.0934. The summed E-state index contributed by atoms with van der Waals surface area (Å²) in [4.78, 5) is 25.4. The molecule has 1 fully saturated rings. The van der Waals surface area contributed by atoms with Gasteiger partial charge in [0.15, 0.2) is 0 Å². The second kappa shape index (κ2) is 5.35. The van der Waals surface area contributed by atoms with E-state index in [-0.39, 0.29) is 18.1 Å². The summed E-state index contributed by atoms with van der Waals surface area (Å²) < 4.78 is 1.44. The van der Waals surface area contributed by atoms with E-state index in [0.717, 1.165) is 12.8 Å². The second-order valence-electron chi connectivity index (χ2n) is 4.78. The first-order chi connectivity index (χ1) is 8.61. The molecule has 0 aromatic carbocycles. The van der Waals surface area contributed by atoms with Crippen molar-refractivity contribution in [2.24, 2.45) is 13.0 Å².